The van der Waals surface area contributed by atoms with Crippen molar-refractivity contribution in [1.29, 1.82) is 0 Å². The third-order valence-corrected chi connectivity index (χ3v) is 9.81. The number of amides is 2. The molecule has 4 heterocycles. The number of hydrogen-bond donors (Lipinski definition) is 1. The van der Waals surface area contributed by atoms with E-state index in [4.69, 9.17) is 14.2 Å². The van der Waals surface area contributed by atoms with E-state index in [0.29, 0.717) is 52.1 Å². The van der Waals surface area contributed by atoms with E-state index < -0.39 is 41.1 Å². The summed E-state index contributed by atoms with van der Waals surface area (Å²) >= 11 is 0. The number of allylic oxidation sites excluding steroid dienone is 1. The number of hydrogen-bond acceptors (Lipinski definition) is 8. The number of morpholine rings is 1. The number of carbonyl (C=O) groups is 3. The Labute approximate surface area is 244 Å². The van der Waals surface area contributed by atoms with Gasteiger partial charge in [-0.25, -0.2) is 0 Å². The summed E-state index contributed by atoms with van der Waals surface area (Å²) in [6.45, 7) is 17.8. The zero-order chi connectivity index (χ0) is 29.8. The highest BCUT2D eigenvalue weighted by atomic mass is 16.6. The van der Waals surface area contributed by atoms with E-state index in [9.17, 15) is 19.5 Å². The number of unbranched alkanes of at least 4 members (excludes halogenated alkanes) is 2. The van der Waals surface area contributed by atoms with Gasteiger partial charge < -0.3 is 29.1 Å². The number of ether oxygens (including phenoxy) is 3. The molecule has 1 N–H and O–H groups in total. The van der Waals surface area contributed by atoms with Gasteiger partial charge in [0.05, 0.1) is 44.0 Å². The van der Waals surface area contributed by atoms with Crippen molar-refractivity contribution in [3.63, 3.8) is 0 Å². The van der Waals surface area contributed by atoms with Crippen molar-refractivity contribution in [3.05, 3.63) is 25.3 Å². The van der Waals surface area contributed by atoms with Gasteiger partial charge in [-0.1, -0.05) is 26.0 Å². The molecule has 4 saturated heterocycles. The second-order valence-electron chi connectivity index (χ2n) is 12.2. The minimum atomic E-state index is -1.17. The van der Waals surface area contributed by atoms with Crippen molar-refractivity contribution in [2.75, 3.05) is 59.2 Å². The lowest BCUT2D eigenvalue weighted by molar-refractivity contribution is -0.164. The molecule has 4 aliphatic rings. The van der Waals surface area contributed by atoms with Crippen LogP contribution in [0.3, 0.4) is 0 Å². The highest BCUT2D eigenvalue weighted by molar-refractivity contribution is 5.98. The van der Waals surface area contributed by atoms with Gasteiger partial charge in [-0.3, -0.25) is 19.3 Å². The third-order valence-electron chi connectivity index (χ3n) is 9.81. The molecular formula is C31H49N3O7. The topological polar surface area (TPSA) is 109 Å². The van der Waals surface area contributed by atoms with E-state index in [2.05, 4.69) is 18.1 Å². The summed E-state index contributed by atoms with van der Waals surface area (Å²) in [6, 6.07) is -1.51. The normalized spacial score (nSPS) is 33.5. The van der Waals surface area contributed by atoms with Gasteiger partial charge in [-0.05, 0) is 44.9 Å². The molecule has 10 heteroatoms. The predicted octanol–water partition coefficient (Wildman–Crippen LogP) is 2.01. The Morgan fingerprint density at radius 3 is 2.61 bits per heavy atom. The summed E-state index contributed by atoms with van der Waals surface area (Å²) in [7, 11) is 0. The number of likely N-dealkylation sites (tertiary alicyclic amines) is 1. The third kappa shape index (κ3) is 5.72. The van der Waals surface area contributed by atoms with Crippen molar-refractivity contribution in [2.45, 2.75) is 76.2 Å². The zero-order valence-electron chi connectivity index (χ0n) is 25.1. The average Bonchev–Trinajstić information content (AvgIpc) is 3.48. The summed E-state index contributed by atoms with van der Waals surface area (Å²) in [5, 5.41) is 10.3. The summed E-state index contributed by atoms with van der Waals surface area (Å²) in [5.41, 5.74) is -2.10. The van der Waals surface area contributed by atoms with Gasteiger partial charge in [0.1, 0.15) is 17.6 Å². The second-order valence-corrected chi connectivity index (χ2v) is 12.2. The van der Waals surface area contributed by atoms with Crippen molar-refractivity contribution >= 4 is 17.8 Å². The smallest absolute Gasteiger partial charge is 0.312 e. The molecule has 230 valence electrons. The molecule has 4 fully saturated rings. The van der Waals surface area contributed by atoms with Crippen LogP contribution in [0.5, 0.6) is 0 Å². The summed E-state index contributed by atoms with van der Waals surface area (Å²) in [5.74, 6) is -2.72. The SMILES string of the molecule is C=CCCCCOC(=O)[C@@H]1[C@H]2C(=O)N([C@@H](CC)CO)C(C(=O)N(CC=C)CCN3CCOCC3)C23CC(C)[C@@]1(C)O3. The molecule has 1 spiro atoms. The van der Waals surface area contributed by atoms with Crippen LogP contribution >= 0.6 is 0 Å². The number of carbonyl (C=O) groups excluding carboxylic acids is 3. The van der Waals surface area contributed by atoms with Crippen LogP contribution < -0.4 is 0 Å². The lowest BCUT2D eigenvalue weighted by Gasteiger charge is -2.40. The highest BCUT2D eigenvalue weighted by Gasteiger charge is 2.80. The van der Waals surface area contributed by atoms with Crippen molar-refractivity contribution < 1.29 is 33.7 Å². The fraction of sp³-hybridized carbons (Fsp3) is 0.774. The molecule has 0 saturated carbocycles. The molecule has 0 aromatic rings. The van der Waals surface area contributed by atoms with Crippen molar-refractivity contribution in [2.24, 2.45) is 17.8 Å². The Kier molecular flexibility index (Phi) is 10.3. The maximum atomic E-state index is 14.5. The Morgan fingerprint density at radius 2 is 1.98 bits per heavy atom. The van der Waals surface area contributed by atoms with Crippen molar-refractivity contribution in [3.8, 4) is 0 Å². The lowest BCUT2D eigenvalue weighted by Crippen LogP contribution is -2.59. The Hall–Kier alpha value is -2.27. The van der Waals surface area contributed by atoms with Gasteiger partial charge in [0.2, 0.25) is 11.8 Å². The first-order valence-electron chi connectivity index (χ1n) is 15.3. The largest absolute Gasteiger partial charge is 0.465 e. The van der Waals surface area contributed by atoms with Crippen LogP contribution in [0.25, 0.3) is 0 Å². The van der Waals surface area contributed by atoms with Crippen LogP contribution in [0.2, 0.25) is 0 Å². The first-order valence-corrected chi connectivity index (χ1v) is 15.3. The van der Waals surface area contributed by atoms with Crippen LogP contribution in [0.15, 0.2) is 25.3 Å². The number of aliphatic hydroxyl groups excluding tert-OH is 1. The predicted molar refractivity (Wildman–Crippen MR) is 154 cm³/mol. The Balaban J connectivity index is 1.66. The van der Waals surface area contributed by atoms with Gasteiger partial charge in [-0.2, -0.15) is 0 Å². The van der Waals surface area contributed by atoms with Crippen LogP contribution in [-0.4, -0.2) is 120 Å². The molecule has 0 aromatic heterocycles. The van der Waals surface area contributed by atoms with Crippen LogP contribution in [0.4, 0.5) is 0 Å². The first-order chi connectivity index (χ1) is 19.7. The maximum absolute atomic E-state index is 14.5. The van der Waals surface area contributed by atoms with Gasteiger partial charge in [0, 0.05) is 32.7 Å². The molecule has 0 radical (unpaired) electrons. The average molecular weight is 576 g/mol. The van der Waals surface area contributed by atoms with Gasteiger partial charge in [0.25, 0.3) is 0 Å². The zero-order valence-corrected chi connectivity index (χ0v) is 25.1. The van der Waals surface area contributed by atoms with Crippen LogP contribution in [0.1, 0.15) is 52.9 Å². The highest BCUT2D eigenvalue weighted by Crippen LogP contribution is 2.65. The minimum Gasteiger partial charge on any atom is -0.465 e. The molecule has 4 aliphatic heterocycles. The molecule has 7 atom stereocenters. The van der Waals surface area contributed by atoms with Crippen molar-refractivity contribution in [1.82, 2.24) is 14.7 Å². The number of aliphatic hydroxyl groups is 1. The van der Waals surface area contributed by atoms with Gasteiger partial charge in [0.15, 0.2) is 0 Å². The first kappa shape index (κ1) is 31.7. The summed E-state index contributed by atoms with van der Waals surface area (Å²) < 4.78 is 18.0. The van der Waals surface area contributed by atoms with E-state index in [1.54, 1.807) is 15.9 Å². The van der Waals surface area contributed by atoms with Crippen LogP contribution in [-0.2, 0) is 28.6 Å². The minimum absolute atomic E-state index is 0.0736. The second kappa shape index (κ2) is 13.4. The van der Waals surface area contributed by atoms with E-state index in [0.717, 1.165) is 25.9 Å². The number of nitrogens with zero attached hydrogens (tertiary/aromatic N) is 3. The molecule has 41 heavy (non-hydrogen) atoms. The molecular weight excluding hydrogens is 526 g/mol. The van der Waals surface area contributed by atoms with Gasteiger partial charge >= 0.3 is 5.97 Å². The quantitative estimate of drug-likeness (QED) is 0.180. The van der Waals surface area contributed by atoms with E-state index in [1.165, 1.54) is 0 Å². The fourth-order valence-electron chi connectivity index (χ4n) is 7.48. The van der Waals surface area contributed by atoms with E-state index in [1.807, 2.05) is 26.8 Å². The maximum Gasteiger partial charge on any atom is 0.312 e. The fourth-order valence-corrected chi connectivity index (χ4v) is 7.48. The molecule has 0 aliphatic carbocycles. The van der Waals surface area contributed by atoms with E-state index >= 15 is 0 Å². The molecule has 4 rings (SSSR count). The number of rotatable bonds is 15. The monoisotopic (exact) mass is 575 g/mol. The number of fused-ring (bicyclic) bond motifs is 1. The Bertz CT molecular complexity index is 981. The molecule has 10 nitrogen and oxygen atoms in total. The molecule has 0 aromatic carbocycles. The number of esters is 1. The van der Waals surface area contributed by atoms with E-state index in [-0.39, 0.29) is 30.9 Å². The molecule has 2 bridgehead atoms. The van der Waals surface area contributed by atoms with Crippen LogP contribution in [0, 0.1) is 17.8 Å². The standard InChI is InChI=1S/C31H49N3O7/c1-6-9-10-11-17-40-29(38)25-24-27(36)34(23(8-3)21-35)26(31(24)20-22(4)30(25,5)41-31)28(37)33(12-7-2)14-13-32-15-18-39-19-16-32/h6-7,22-26,35H,1-2,8-21H2,3-5H3/t22?,23-,24-,25-,26?,30+,31?/m0/s1. The summed E-state index contributed by atoms with van der Waals surface area (Å²) in [6.07, 6.45) is 6.88. The lowest BCUT2D eigenvalue weighted by atomic mass is 9.62. The summed E-state index contributed by atoms with van der Waals surface area (Å²) in [4.78, 5) is 48.0. The molecule has 3 unspecified atom stereocenters. The molecule has 2 amide bonds. The van der Waals surface area contributed by atoms with Gasteiger partial charge in [-0.15, -0.1) is 13.2 Å². The Morgan fingerprint density at radius 1 is 1.24 bits per heavy atom.